The van der Waals surface area contributed by atoms with Gasteiger partial charge in [0, 0.05) is 11.6 Å². The molecule has 0 radical (unpaired) electrons. The van der Waals surface area contributed by atoms with E-state index in [0.717, 1.165) is 22.9 Å². The van der Waals surface area contributed by atoms with Crippen molar-refractivity contribution in [2.24, 2.45) is 0 Å². The van der Waals surface area contributed by atoms with Crippen LogP contribution in [0, 0.1) is 0 Å². The van der Waals surface area contributed by atoms with E-state index in [0.29, 0.717) is 0 Å². The Kier molecular flexibility index (Phi) is 4.24. The van der Waals surface area contributed by atoms with Gasteiger partial charge in [-0.15, -0.1) is 0 Å². The summed E-state index contributed by atoms with van der Waals surface area (Å²) in [7, 11) is 3.60. The van der Waals surface area contributed by atoms with Gasteiger partial charge in [-0.3, -0.25) is 0 Å². The molecule has 0 aliphatic carbocycles. The molecule has 0 aliphatic heterocycles. The monoisotopic (exact) mass is 261 g/mol. The van der Waals surface area contributed by atoms with E-state index in [-0.39, 0.29) is 0 Å². The molecule has 0 atom stereocenters. The van der Waals surface area contributed by atoms with Gasteiger partial charge in [-0.25, -0.2) is 0 Å². The second-order valence-corrected chi connectivity index (χ2v) is 4.50. The predicted octanol–water partition coefficient (Wildman–Crippen LogP) is 3.74. The van der Waals surface area contributed by atoms with Gasteiger partial charge in [-0.2, -0.15) is 0 Å². The second-order valence-electron chi connectivity index (χ2n) is 4.06. The summed E-state index contributed by atoms with van der Waals surface area (Å²) in [6.45, 7) is 0.794. The lowest BCUT2D eigenvalue weighted by Crippen LogP contribution is -2.06. The molecule has 0 amide bonds. The van der Waals surface area contributed by atoms with Crippen molar-refractivity contribution in [3.63, 3.8) is 0 Å². The summed E-state index contributed by atoms with van der Waals surface area (Å²) in [6.07, 6.45) is 0. The van der Waals surface area contributed by atoms with E-state index < -0.39 is 0 Å². The number of halogens is 1. The zero-order valence-electron chi connectivity index (χ0n) is 10.5. The Morgan fingerprint density at radius 3 is 2.44 bits per heavy atom. The Morgan fingerprint density at radius 2 is 1.83 bits per heavy atom. The Hall–Kier alpha value is -1.51. The average Bonchev–Trinajstić information content (AvgIpc) is 2.40. The van der Waals surface area contributed by atoms with Crippen LogP contribution in [0.5, 0.6) is 5.75 Å². The molecule has 0 aromatic heterocycles. The number of hydrogen-bond acceptors (Lipinski definition) is 2. The first-order valence-corrected chi connectivity index (χ1v) is 6.20. The van der Waals surface area contributed by atoms with E-state index in [1.54, 1.807) is 7.11 Å². The number of methoxy groups -OCH3 is 1. The molecule has 2 aromatic rings. The smallest absolute Gasteiger partial charge is 0.118 e. The van der Waals surface area contributed by atoms with Crippen LogP contribution in [-0.4, -0.2) is 14.2 Å². The topological polar surface area (TPSA) is 21.3 Å². The lowest BCUT2D eigenvalue weighted by Gasteiger charge is -2.10. The molecule has 0 bridgehead atoms. The van der Waals surface area contributed by atoms with Gasteiger partial charge in [-0.1, -0.05) is 29.8 Å². The molecule has 1 N–H and O–H groups in total. The van der Waals surface area contributed by atoms with Crippen LogP contribution in [-0.2, 0) is 6.54 Å². The predicted molar refractivity (Wildman–Crippen MR) is 76.2 cm³/mol. The Bertz CT molecular complexity index is 523. The summed E-state index contributed by atoms with van der Waals surface area (Å²) in [4.78, 5) is 0. The van der Waals surface area contributed by atoms with Crippen LogP contribution < -0.4 is 10.1 Å². The largest absolute Gasteiger partial charge is 0.497 e. The minimum Gasteiger partial charge on any atom is -0.497 e. The van der Waals surface area contributed by atoms with Crippen molar-refractivity contribution in [3.8, 4) is 16.9 Å². The minimum absolute atomic E-state index is 0.762. The van der Waals surface area contributed by atoms with E-state index in [2.05, 4.69) is 23.5 Å². The van der Waals surface area contributed by atoms with Crippen LogP contribution in [0.3, 0.4) is 0 Å². The first kappa shape index (κ1) is 12.9. The van der Waals surface area contributed by atoms with E-state index >= 15 is 0 Å². The van der Waals surface area contributed by atoms with Crippen molar-refractivity contribution in [1.82, 2.24) is 5.32 Å². The maximum absolute atomic E-state index is 6.04. The quantitative estimate of drug-likeness (QED) is 0.905. The fourth-order valence-corrected chi connectivity index (χ4v) is 2.15. The van der Waals surface area contributed by atoms with Crippen LogP contribution in [0.1, 0.15) is 5.56 Å². The molecule has 18 heavy (non-hydrogen) atoms. The van der Waals surface area contributed by atoms with Crippen molar-refractivity contribution >= 4 is 11.6 Å². The molecule has 2 aromatic carbocycles. The third-order valence-corrected chi connectivity index (χ3v) is 3.07. The first-order valence-electron chi connectivity index (χ1n) is 5.82. The second kappa shape index (κ2) is 5.89. The van der Waals surface area contributed by atoms with Crippen molar-refractivity contribution in [2.75, 3.05) is 14.2 Å². The molecule has 0 spiro atoms. The van der Waals surface area contributed by atoms with Crippen molar-refractivity contribution in [1.29, 1.82) is 0 Å². The van der Waals surface area contributed by atoms with E-state index in [1.165, 1.54) is 11.1 Å². The van der Waals surface area contributed by atoms with Crippen LogP contribution >= 0.6 is 11.6 Å². The highest BCUT2D eigenvalue weighted by Crippen LogP contribution is 2.28. The summed E-state index contributed by atoms with van der Waals surface area (Å²) in [5.41, 5.74) is 3.55. The van der Waals surface area contributed by atoms with Gasteiger partial charge in [-0.05, 0) is 48.0 Å². The van der Waals surface area contributed by atoms with E-state index in [9.17, 15) is 0 Å². The van der Waals surface area contributed by atoms with Gasteiger partial charge in [0.1, 0.15) is 5.75 Å². The minimum atomic E-state index is 0.762. The summed E-state index contributed by atoms with van der Waals surface area (Å²) in [6, 6.07) is 14.0. The highest BCUT2D eigenvalue weighted by atomic mass is 35.5. The van der Waals surface area contributed by atoms with Crippen molar-refractivity contribution < 1.29 is 4.74 Å². The van der Waals surface area contributed by atoms with Crippen LogP contribution in [0.2, 0.25) is 5.02 Å². The maximum Gasteiger partial charge on any atom is 0.118 e. The summed E-state index contributed by atoms with van der Waals surface area (Å²) in [5.74, 6) is 0.864. The van der Waals surface area contributed by atoms with Gasteiger partial charge < -0.3 is 10.1 Å². The maximum atomic E-state index is 6.04. The van der Waals surface area contributed by atoms with Crippen LogP contribution in [0.25, 0.3) is 11.1 Å². The molecular weight excluding hydrogens is 246 g/mol. The Morgan fingerprint density at radius 1 is 1.11 bits per heavy atom. The highest BCUT2D eigenvalue weighted by Gasteiger charge is 2.05. The lowest BCUT2D eigenvalue weighted by atomic mass is 9.99. The molecule has 2 rings (SSSR count). The van der Waals surface area contributed by atoms with Crippen LogP contribution in [0.4, 0.5) is 0 Å². The third-order valence-electron chi connectivity index (χ3n) is 2.84. The fraction of sp³-hybridized carbons (Fsp3) is 0.200. The Balaban J connectivity index is 2.41. The number of benzene rings is 2. The van der Waals surface area contributed by atoms with Gasteiger partial charge in [0.2, 0.25) is 0 Å². The Labute approximate surface area is 113 Å². The number of rotatable bonds is 4. The number of ether oxygens (including phenoxy) is 1. The van der Waals surface area contributed by atoms with Gasteiger partial charge in [0.25, 0.3) is 0 Å². The molecule has 0 aliphatic rings. The summed E-state index contributed by atoms with van der Waals surface area (Å²) < 4.78 is 5.17. The average molecular weight is 262 g/mol. The van der Waals surface area contributed by atoms with Crippen molar-refractivity contribution in [2.45, 2.75) is 6.54 Å². The standard InChI is InChI=1S/C15H16ClNO/c1-17-10-12-9-13(16)5-8-15(12)11-3-6-14(18-2)7-4-11/h3-9,17H,10H2,1-2H3. The third kappa shape index (κ3) is 2.84. The molecule has 94 valence electrons. The molecule has 3 heteroatoms. The molecule has 0 saturated heterocycles. The van der Waals surface area contributed by atoms with Gasteiger partial charge >= 0.3 is 0 Å². The fourth-order valence-electron chi connectivity index (χ4n) is 1.95. The molecule has 2 nitrogen and oxygen atoms in total. The molecule has 0 fully saturated rings. The molecular formula is C15H16ClNO. The number of hydrogen-bond donors (Lipinski definition) is 1. The zero-order chi connectivity index (χ0) is 13.0. The summed E-state index contributed by atoms with van der Waals surface area (Å²) >= 11 is 6.04. The van der Waals surface area contributed by atoms with E-state index in [1.807, 2.05) is 31.3 Å². The van der Waals surface area contributed by atoms with Gasteiger partial charge in [0.15, 0.2) is 0 Å². The normalized spacial score (nSPS) is 10.4. The highest BCUT2D eigenvalue weighted by molar-refractivity contribution is 6.30. The summed E-state index contributed by atoms with van der Waals surface area (Å²) in [5, 5.41) is 3.92. The van der Waals surface area contributed by atoms with Gasteiger partial charge in [0.05, 0.1) is 7.11 Å². The zero-order valence-corrected chi connectivity index (χ0v) is 11.3. The van der Waals surface area contributed by atoms with Crippen LogP contribution in [0.15, 0.2) is 42.5 Å². The molecule has 0 unspecified atom stereocenters. The van der Waals surface area contributed by atoms with E-state index in [4.69, 9.17) is 16.3 Å². The van der Waals surface area contributed by atoms with Crippen molar-refractivity contribution in [3.05, 3.63) is 53.1 Å². The lowest BCUT2D eigenvalue weighted by molar-refractivity contribution is 0.415. The SMILES string of the molecule is CNCc1cc(Cl)ccc1-c1ccc(OC)cc1. The molecule has 0 heterocycles. The first-order chi connectivity index (χ1) is 8.74. The number of nitrogens with one attached hydrogen (secondary N) is 1. The molecule has 0 saturated carbocycles.